The zero-order chi connectivity index (χ0) is 13.8. The van der Waals surface area contributed by atoms with E-state index in [0.29, 0.717) is 12.5 Å². The molecule has 0 aliphatic heterocycles. The maximum absolute atomic E-state index is 5.88. The van der Waals surface area contributed by atoms with Gasteiger partial charge in [0.15, 0.2) is 0 Å². The maximum Gasteiger partial charge on any atom is 0.134 e. The summed E-state index contributed by atoms with van der Waals surface area (Å²) in [7, 11) is 0. The molecule has 0 spiro atoms. The number of nitrogens with one attached hydrogen (secondary N) is 1. The van der Waals surface area contributed by atoms with E-state index >= 15 is 0 Å². The highest BCUT2D eigenvalue weighted by atomic mass is 16.5. The number of nitrogens with two attached hydrogens (primary N) is 1. The molecule has 19 heavy (non-hydrogen) atoms. The zero-order valence-electron chi connectivity index (χ0n) is 11.7. The molecule has 2 aromatic rings. The minimum atomic E-state index is -0.146. The molecule has 0 bridgehead atoms. The normalized spacial score (nSPS) is 15.0. The Morgan fingerprint density at radius 3 is 2.63 bits per heavy atom. The Bertz CT molecular complexity index is 489. The summed E-state index contributed by atoms with van der Waals surface area (Å²) in [6, 6.07) is 9.82. The topological polar surface area (TPSA) is 60.4 Å². The summed E-state index contributed by atoms with van der Waals surface area (Å²) in [5, 5.41) is 1.08. The second-order valence-electron chi connectivity index (χ2n) is 4.99. The first-order chi connectivity index (χ1) is 9.17. The van der Waals surface area contributed by atoms with Crippen molar-refractivity contribution in [1.29, 1.82) is 0 Å². The Labute approximate surface area is 113 Å². The number of rotatable bonds is 6. The first-order valence-electron chi connectivity index (χ1n) is 6.73. The first kappa shape index (κ1) is 14.1. The molecule has 104 valence electrons. The Balaban J connectivity index is 2.34. The molecule has 0 radical (unpaired) electrons. The Hall–Kier alpha value is -1.36. The molecule has 4 heteroatoms. The number of hydrogen-bond acceptors (Lipinski definition) is 4. The van der Waals surface area contributed by atoms with Crippen molar-refractivity contribution in [3.63, 3.8) is 0 Å². The van der Waals surface area contributed by atoms with Gasteiger partial charge in [0.2, 0.25) is 0 Å². The molecule has 1 aromatic carbocycles. The van der Waals surface area contributed by atoms with Crippen LogP contribution < -0.4 is 11.3 Å². The van der Waals surface area contributed by atoms with Crippen LogP contribution in [0.3, 0.4) is 0 Å². The minimum Gasteiger partial charge on any atom is -0.459 e. The van der Waals surface area contributed by atoms with E-state index in [1.165, 1.54) is 0 Å². The van der Waals surface area contributed by atoms with Gasteiger partial charge >= 0.3 is 0 Å². The average Bonchev–Trinajstić information content (AvgIpc) is 2.81. The smallest absolute Gasteiger partial charge is 0.134 e. The minimum absolute atomic E-state index is 0.0180. The molecule has 0 aliphatic rings. The van der Waals surface area contributed by atoms with Crippen LogP contribution in [-0.2, 0) is 4.74 Å². The van der Waals surface area contributed by atoms with Crippen molar-refractivity contribution >= 4 is 11.0 Å². The fourth-order valence-electron chi connectivity index (χ4n) is 2.36. The summed E-state index contributed by atoms with van der Waals surface area (Å²) in [5.74, 6) is 6.86. The van der Waals surface area contributed by atoms with Crippen molar-refractivity contribution in [3.8, 4) is 0 Å². The van der Waals surface area contributed by atoms with E-state index in [-0.39, 0.29) is 12.1 Å². The van der Waals surface area contributed by atoms with Crippen molar-refractivity contribution in [2.45, 2.75) is 32.9 Å². The van der Waals surface area contributed by atoms with Gasteiger partial charge in [-0.3, -0.25) is 5.84 Å². The molecule has 0 fully saturated rings. The van der Waals surface area contributed by atoms with Crippen LogP contribution in [0.4, 0.5) is 0 Å². The average molecular weight is 262 g/mol. The summed E-state index contributed by atoms with van der Waals surface area (Å²) in [6.07, 6.45) is -0.0180. The van der Waals surface area contributed by atoms with Crippen LogP contribution in [0.1, 0.15) is 32.6 Å². The lowest BCUT2D eigenvalue weighted by atomic mass is 9.98. The predicted octanol–water partition coefficient (Wildman–Crippen LogP) is 3.00. The molecule has 4 nitrogen and oxygen atoms in total. The van der Waals surface area contributed by atoms with Crippen molar-refractivity contribution < 1.29 is 9.15 Å². The molecule has 0 amide bonds. The summed E-state index contributed by atoms with van der Waals surface area (Å²) in [4.78, 5) is 0. The van der Waals surface area contributed by atoms with Gasteiger partial charge in [0.25, 0.3) is 0 Å². The van der Waals surface area contributed by atoms with Gasteiger partial charge in [-0.15, -0.1) is 0 Å². The van der Waals surface area contributed by atoms with Gasteiger partial charge in [0.1, 0.15) is 17.4 Å². The third-order valence-corrected chi connectivity index (χ3v) is 3.28. The van der Waals surface area contributed by atoms with E-state index in [0.717, 1.165) is 16.7 Å². The number of para-hydroxylation sites is 1. The molecule has 2 unspecified atom stereocenters. The van der Waals surface area contributed by atoms with Crippen LogP contribution in [0.15, 0.2) is 34.7 Å². The summed E-state index contributed by atoms with van der Waals surface area (Å²) in [6.45, 7) is 6.88. The zero-order valence-corrected chi connectivity index (χ0v) is 11.7. The molecule has 2 atom stereocenters. The van der Waals surface area contributed by atoms with Crippen LogP contribution >= 0.6 is 0 Å². The van der Waals surface area contributed by atoms with E-state index < -0.39 is 0 Å². The lowest BCUT2D eigenvalue weighted by Gasteiger charge is -2.28. The quantitative estimate of drug-likeness (QED) is 0.620. The summed E-state index contributed by atoms with van der Waals surface area (Å²) >= 11 is 0. The van der Waals surface area contributed by atoms with Crippen LogP contribution in [0.5, 0.6) is 0 Å². The van der Waals surface area contributed by atoms with Gasteiger partial charge in [-0.25, -0.2) is 5.43 Å². The van der Waals surface area contributed by atoms with E-state index in [1.54, 1.807) is 0 Å². The van der Waals surface area contributed by atoms with Crippen LogP contribution in [0, 0.1) is 5.92 Å². The van der Waals surface area contributed by atoms with Crippen molar-refractivity contribution in [2.75, 3.05) is 6.61 Å². The van der Waals surface area contributed by atoms with Crippen molar-refractivity contribution in [2.24, 2.45) is 11.8 Å². The number of hydrogen-bond donors (Lipinski definition) is 2. The third-order valence-electron chi connectivity index (χ3n) is 3.28. The highest BCUT2D eigenvalue weighted by Crippen LogP contribution is 2.29. The van der Waals surface area contributed by atoms with E-state index in [9.17, 15) is 0 Å². The SMILES string of the molecule is CCOC(C(C)C)C(NN)c1cc2ccccc2o1. The van der Waals surface area contributed by atoms with Gasteiger partial charge in [-0.05, 0) is 25.0 Å². The first-order valence-corrected chi connectivity index (χ1v) is 6.73. The molecule has 0 saturated heterocycles. The molecule has 0 saturated carbocycles. The van der Waals surface area contributed by atoms with Gasteiger partial charge in [0.05, 0.1) is 6.10 Å². The molecule has 0 aliphatic carbocycles. The van der Waals surface area contributed by atoms with Gasteiger partial charge < -0.3 is 9.15 Å². The van der Waals surface area contributed by atoms with Gasteiger partial charge in [-0.1, -0.05) is 32.0 Å². The van der Waals surface area contributed by atoms with E-state index in [2.05, 4.69) is 19.3 Å². The van der Waals surface area contributed by atoms with Gasteiger partial charge in [0, 0.05) is 12.0 Å². The maximum atomic E-state index is 5.88. The number of hydrazine groups is 1. The molecule has 3 N–H and O–H groups in total. The lowest BCUT2D eigenvalue weighted by molar-refractivity contribution is -0.00192. The third kappa shape index (κ3) is 2.97. The molecular weight excluding hydrogens is 240 g/mol. The largest absolute Gasteiger partial charge is 0.459 e. The van der Waals surface area contributed by atoms with Crippen LogP contribution in [0.2, 0.25) is 0 Å². The molecule has 1 heterocycles. The Morgan fingerprint density at radius 1 is 1.32 bits per heavy atom. The second kappa shape index (κ2) is 6.19. The summed E-state index contributed by atoms with van der Waals surface area (Å²) in [5.41, 5.74) is 3.70. The fourth-order valence-corrected chi connectivity index (χ4v) is 2.36. The monoisotopic (exact) mass is 262 g/mol. The molecule has 2 rings (SSSR count). The van der Waals surface area contributed by atoms with Crippen LogP contribution in [-0.4, -0.2) is 12.7 Å². The Kier molecular flexibility index (Phi) is 4.58. The number of fused-ring (bicyclic) bond motifs is 1. The molecular formula is C15H22N2O2. The second-order valence-corrected chi connectivity index (χ2v) is 4.99. The Morgan fingerprint density at radius 2 is 2.05 bits per heavy atom. The van der Waals surface area contributed by atoms with Gasteiger partial charge in [-0.2, -0.15) is 0 Å². The van der Waals surface area contributed by atoms with E-state index in [4.69, 9.17) is 15.0 Å². The van der Waals surface area contributed by atoms with E-state index in [1.807, 2.05) is 37.3 Å². The number of ether oxygens (including phenoxy) is 1. The van der Waals surface area contributed by atoms with Crippen molar-refractivity contribution in [3.05, 3.63) is 36.1 Å². The molecule has 1 aromatic heterocycles. The highest BCUT2D eigenvalue weighted by Gasteiger charge is 2.28. The van der Waals surface area contributed by atoms with Crippen molar-refractivity contribution in [1.82, 2.24) is 5.43 Å². The lowest BCUT2D eigenvalue weighted by Crippen LogP contribution is -2.40. The standard InChI is InChI=1S/C15H22N2O2/c1-4-18-15(10(2)3)14(17-16)13-9-11-7-5-6-8-12(11)19-13/h5-10,14-15,17H,4,16H2,1-3H3. The summed E-state index contributed by atoms with van der Waals surface area (Å²) < 4.78 is 11.7. The van der Waals surface area contributed by atoms with Crippen LogP contribution in [0.25, 0.3) is 11.0 Å². The predicted molar refractivity (Wildman–Crippen MR) is 76.5 cm³/mol. The number of furan rings is 1. The highest BCUT2D eigenvalue weighted by molar-refractivity contribution is 5.77. The fraction of sp³-hybridized carbons (Fsp3) is 0.467. The number of benzene rings is 1.